The highest BCUT2D eigenvalue weighted by atomic mass is 32.2. The summed E-state index contributed by atoms with van der Waals surface area (Å²) >= 11 is 1.46. The summed E-state index contributed by atoms with van der Waals surface area (Å²) in [5.41, 5.74) is -0.233. The minimum atomic E-state index is -0.516. The molecular weight excluding hydrogens is 208 g/mol. The van der Waals surface area contributed by atoms with Gasteiger partial charge < -0.3 is 14.2 Å². The molecule has 1 heterocycles. The molecule has 1 unspecified atom stereocenters. The van der Waals surface area contributed by atoms with Crippen molar-refractivity contribution in [1.82, 2.24) is 0 Å². The molecule has 14 heavy (non-hydrogen) atoms. The van der Waals surface area contributed by atoms with Crippen molar-refractivity contribution in [3.8, 4) is 0 Å². The Morgan fingerprint density at radius 2 is 2.14 bits per heavy atom. The molecule has 2 atom stereocenters. The van der Waals surface area contributed by atoms with E-state index in [1.807, 2.05) is 0 Å². The Bertz CT molecular complexity index is 230. The zero-order chi connectivity index (χ0) is 10.6. The van der Waals surface area contributed by atoms with E-state index in [0.29, 0.717) is 5.75 Å². The van der Waals surface area contributed by atoms with E-state index in [-0.39, 0.29) is 24.0 Å². The minimum absolute atomic E-state index is 0.192. The van der Waals surface area contributed by atoms with Gasteiger partial charge in [-0.25, -0.2) is 0 Å². The molecule has 80 valence electrons. The van der Waals surface area contributed by atoms with Crippen molar-refractivity contribution in [2.45, 2.75) is 25.6 Å². The Morgan fingerprint density at radius 1 is 1.43 bits per heavy atom. The Morgan fingerprint density at radius 3 is 2.71 bits per heavy atom. The number of carbonyl (C=O) groups is 2. The van der Waals surface area contributed by atoms with Gasteiger partial charge in [0.2, 0.25) is 6.29 Å². The van der Waals surface area contributed by atoms with E-state index in [1.165, 1.54) is 25.6 Å². The molecule has 0 aromatic rings. The van der Waals surface area contributed by atoms with Crippen LogP contribution in [-0.2, 0) is 23.8 Å². The minimum Gasteiger partial charge on any atom is -0.462 e. The fraction of sp³-hybridized carbons (Fsp3) is 0.750. The van der Waals surface area contributed by atoms with Gasteiger partial charge in [-0.1, -0.05) is 0 Å². The molecule has 0 radical (unpaired) electrons. The Hall–Kier alpha value is -0.750. The van der Waals surface area contributed by atoms with Gasteiger partial charge in [-0.05, 0) is 0 Å². The van der Waals surface area contributed by atoms with Crippen LogP contribution >= 0.6 is 11.8 Å². The van der Waals surface area contributed by atoms with E-state index < -0.39 is 6.29 Å². The molecule has 0 amide bonds. The molecular formula is C8H12O5S. The average molecular weight is 220 g/mol. The summed E-state index contributed by atoms with van der Waals surface area (Å²) in [6.45, 7) is 2.86. The molecule has 0 spiro atoms. The SMILES string of the molecule is CC(=O)OC[C@H]1OC(OC(C)=O)CS1. The monoisotopic (exact) mass is 220 g/mol. The van der Waals surface area contributed by atoms with Crippen LogP contribution in [0.25, 0.3) is 0 Å². The maximum Gasteiger partial charge on any atom is 0.304 e. The number of rotatable bonds is 3. The second-order valence-electron chi connectivity index (χ2n) is 2.74. The fourth-order valence-corrected chi connectivity index (χ4v) is 1.84. The third kappa shape index (κ3) is 3.97. The van der Waals surface area contributed by atoms with Crippen molar-refractivity contribution in [3.05, 3.63) is 0 Å². The van der Waals surface area contributed by atoms with E-state index in [0.717, 1.165) is 0 Å². The average Bonchev–Trinajstić information content (AvgIpc) is 2.47. The van der Waals surface area contributed by atoms with Gasteiger partial charge in [-0.15, -0.1) is 11.8 Å². The number of ether oxygens (including phenoxy) is 3. The van der Waals surface area contributed by atoms with Gasteiger partial charge in [0.1, 0.15) is 12.0 Å². The van der Waals surface area contributed by atoms with Crippen LogP contribution in [0.5, 0.6) is 0 Å². The first-order valence-corrected chi connectivity index (χ1v) is 5.20. The highest BCUT2D eigenvalue weighted by molar-refractivity contribution is 8.00. The molecule has 0 aromatic heterocycles. The Kier molecular flexibility index (Phi) is 4.21. The van der Waals surface area contributed by atoms with Crippen molar-refractivity contribution in [2.24, 2.45) is 0 Å². The first-order valence-electron chi connectivity index (χ1n) is 4.15. The molecule has 1 aliphatic heterocycles. The van der Waals surface area contributed by atoms with Crippen molar-refractivity contribution in [3.63, 3.8) is 0 Å². The Balaban J connectivity index is 2.20. The van der Waals surface area contributed by atoms with Gasteiger partial charge in [0, 0.05) is 13.8 Å². The quantitative estimate of drug-likeness (QED) is 0.646. The molecule has 0 bridgehead atoms. The van der Waals surface area contributed by atoms with Crippen LogP contribution in [0.15, 0.2) is 0 Å². The molecule has 0 saturated carbocycles. The smallest absolute Gasteiger partial charge is 0.304 e. The molecule has 5 nitrogen and oxygen atoms in total. The lowest BCUT2D eigenvalue weighted by atomic mass is 10.7. The predicted molar refractivity (Wildman–Crippen MR) is 49.5 cm³/mol. The van der Waals surface area contributed by atoms with Gasteiger partial charge in [-0.3, -0.25) is 9.59 Å². The summed E-state index contributed by atoms with van der Waals surface area (Å²) in [5, 5.41) is 0. The van der Waals surface area contributed by atoms with E-state index in [1.54, 1.807) is 0 Å². The summed E-state index contributed by atoms with van der Waals surface area (Å²) in [5.74, 6) is -0.139. The third-order valence-electron chi connectivity index (χ3n) is 1.44. The number of hydrogen-bond acceptors (Lipinski definition) is 6. The van der Waals surface area contributed by atoms with Crippen LogP contribution in [0, 0.1) is 0 Å². The molecule has 0 aromatic carbocycles. The van der Waals surface area contributed by atoms with Crippen molar-refractivity contribution in [1.29, 1.82) is 0 Å². The Labute approximate surface area is 86.1 Å². The van der Waals surface area contributed by atoms with Crippen molar-refractivity contribution >= 4 is 23.7 Å². The van der Waals surface area contributed by atoms with Gasteiger partial charge in [0.15, 0.2) is 0 Å². The summed E-state index contributed by atoms with van der Waals surface area (Å²) in [6.07, 6.45) is -0.516. The number of thioether (sulfide) groups is 1. The number of esters is 2. The second kappa shape index (κ2) is 5.21. The van der Waals surface area contributed by atoms with Crippen LogP contribution in [0.1, 0.15) is 13.8 Å². The first kappa shape index (κ1) is 11.3. The maximum absolute atomic E-state index is 10.6. The number of carbonyl (C=O) groups excluding carboxylic acids is 2. The summed E-state index contributed by atoms with van der Waals surface area (Å²) < 4.78 is 14.8. The highest BCUT2D eigenvalue weighted by Crippen LogP contribution is 2.25. The largest absolute Gasteiger partial charge is 0.462 e. The van der Waals surface area contributed by atoms with E-state index in [4.69, 9.17) is 14.2 Å². The normalized spacial score (nSPS) is 25.9. The molecule has 6 heteroatoms. The van der Waals surface area contributed by atoms with Crippen LogP contribution in [0.3, 0.4) is 0 Å². The summed E-state index contributed by atoms with van der Waals surface area (Å²) in [4.78, 5) is 21.1. The van der Waals surface area contributed by atoms with Crippen LogP contribution < -0.4 is 0 Å². The van der Waals surface area contributed by atoms with Gasteiger partial charge in [0.25, 0.3) is 0 Å². The van der Waals surface area contributed by atoms with Crippen molar-refractivity contribution < 1.29 is 23.8 Å². The number of hydrogen-bond donors (Lipinski definition) is 0. The lowest BCUT2D eigenvalue weighted by Crippen LogP contribution is -2.21. The second-order valence-corrected chi connectivity index (χ2v) is 3.93. The van der Waals surface area contributed by atoms with Crippen LogP contribution in [-0.4, -0.2) is 36.0 Å². The third-order valence-corrected chi connectivity index (χ3v) is 2.53. The topological polar surface area (TPSA) is 61.8 Å². The van der Waals surface area contributed by atoms with E-state index in [2.05, 4.69) is 0 Å². The summed E-state index contributed by atoms with van der Waals surface area (Å²) in [6, 6.07) is 0. The molecule has 0 aliphatic carbocycles. The van der Waals surface area contributed by atoms with Gasteiger partial charge >= 0.3 is 11.9 Å². The standard InChI is InChI=1S/C8H12O5S/c1-5(9)11-3-8-13-7(4-14-8)12-6(2)10/h7-8H,3-4H2,1-2H3/t7?,8-/m0/s1. The van der Waals surface area contributed by atoms with Crippen LogP contribution in [0.4, 0.5) is 0 Å². The lowest BCUT2D eigenvalue weighted by Gasteiger charge is -2.11. The predicted octanol–water partition coefficient (Wildman–Crippen LogP) is 0.528. The van der Waals surface area contributed by atoms with E-state index in [9.17, 15) is 9.59 Å². The lowest BCUT2D eigenvalue weighted by molar-refractivity contribution is -0.174. The molecule has 0 N–H and O–H groups in total. The molecule has 1 saturated heterocycles. The molecule has 1 fully saturated rings. The van der Waals surface area contributed by atoms with Crippen LogP contribution in [0.2, 0.25) is 0 Å². The highest BCUT2D eigenvalue weighted by Gasteiger charge is 2.28. The van der Waals surface area contributed by atoms with Gasteiger partial charge in [-0.2, -0.15) is 0 Å². The zero-order valence-corrected chi connectivity index (χ0v) is 8.83. The van der Waals surface area contributed by atoms with Crippen molar-refractivity contribution in [2.75, 3.05) is 12.4 Å². The van der Waals surface area contributed by atoms with E-state index >= 15 is 0 Å². The first-order chi connectivity index (χ1) is 6.58. The fourth-order valence-electron chi connectivity index (χ4n) is 0.953. The molecule has 1 aliphatic rings. The maximum atomic E-state index is 10.6. The summed E-state index contributed by atoms with van der Waals surface area (Å²) in [7, 11) is 0. The van der Waals surface area contributed by atoms with Gasteiger partial charge in [0.05, 0.1) is 5.75 Å². The zero-order valence-electron chi connectivity index (χ0n) is 8.02. The molecule has 1 rings (SSSR count).